The van der Waals surface area contributed by atoms with E-state index in [0.717, 1.165) is 16.9 Å². The highest BCUT2D eigenvalue weighted by Crippen LogP contribution is 2.24. The molecule has 0 aliphatic rings. The Kier molecular flexibility index (Phi) is 5.35. The first kappa shape index (κ1) is 17.4. The Morgan fingerprint density at radius 1 is 1.04 bits per heavy atom. The second kappa shape index (κ2) is 7.67. The molecule has 0 saturated heterocycles. The zero-order valence-electron chi connectivity index (χ0n) is 13.8. The Morgan fingerprint density at radius 2 is 1.84 bits per heavy atom. The van der Waals surface area contributed by atoms with Gasteiger partial charge in [0.1, 0.15) is 10.0 Å². The third-order valence-corrected chi connectivity index (χ3v) is 6.69. The van der Waals surface area contributed by atoms with Crippen molar-refractivity contribution in [2.45, 2.75) is 24.1 Å². The largest absolute Gasteiger partial charge is 0.366 e. The maximum absolute atomic E-state index is 12.4. The molecule has 7 heteroatoms. The number of thiophene rings is 1. The summed E-state index contributed by atoms with van der Waals surface area (Å²) in [4.78, 5) is 5.30. The van der Waals surface area contributed by atoms with Crippen molar-refractivity contribution in [1.82, 2.24) is 4.98 Å². The highest BCUT2D eigenvalue weighted by Gasteiger charge is 2.16. The fourth-order valence-corrected chi connectivity index (χ4v) is 4.58. The first-order valence-corrected chi connectivity index (χ1v) is 10.2. The molecule has 130 valence electrons. The van der Waals surface area contributed by atoms with Gasteiger partial charge in [-0.25, -0.2) is 13.4 Å². The smallest absolute Gasteiger partial charge is 0.271 e. The van der Waals surface area contributed by atoms with E-state index in [1.165, 1.54) is 17.5 Å². The minimum atomic E-state index is -3.56. The zero-order chi connectivity index (χ0) is 17.7. The van der Waals surface area contributed by atoms with E-state index in [2.05, 4.69) is 15.0 Å². The Balaban J connectivity index is 1.64. The maximum atomic E-state index is 12.4. The van der Waals surface area contributed by atoms with E-state index in [0.29, 0.717) is 22.3 Å². The summed E-state index contributed by atoms with van der Waals surface area (Å²) in [6, 6.07) is 16.9. The third kappa shape index (κ3) is 4.58. The van der Waals surface area contributed by atoms with Crippen molar-refractivity contribution in [3.63, 3.8) is 0 Å². The Labute approximate surface area is 151 Å². The summed E-state index contributed by atoms with van der Waals surface area (Å²) in [6.45, 7) is 2.66. The van der Waals surface area contributed by atoms with Crippen LogP contribution in [0.2, 0.25) is 0 Å². The molecule has 3 aromatic rings. The summed E-state index contributed by atoms with van der Waals surface area (Å²) in [7, 11) is -3.56. The molecule has 2 aromatic heterocycles. The normalized spacial score (nSPS) is 11.2. The number of pyridine rings is 1. The summed E-state index contributed by atoms with van der Waals surface area (Å²) < 4.78 is 27.6. The number of nitrogens with zero attached hydrogens (tertiary/aromatic N) is 1. The molecule has 0 atom stereocenters. The van der Waals surface area contributed by atoms with Gasteiger partial charge in [-0.05, 0) is 36.2 Å². The molecule has 0 amide bonds. The van der Waals surface area contributed by atoms with Crippen molar-refractivity contribution in [2.24, 2.45) is 0 Å². The van der Waals surface area contributed by atoms with Crippen LogP contribution < -0.4 is 10.0 Å². The number of hydrogen-bond acceptors (Lipinski definition) is 5. The first-order chi connectivity index (χ1) is 12.1. The van der Waals surface area contributed by atoms with Crippen molar-refractivity contribution in [2.75, 3.05) is 10.0 Å². The minimum absolute atomic E-state index is 0.315. The maximum Gasteiger partial charge on any atom is 0.271 e. The van der Waals surface area contributed by atoms with Gasteiger partial charge in [0.15, 0.2) is 0 Å². The summed E-state index contributed by atoms with van der Waals surface area (Å²) in [5, 5.41) is 3.21. The Morgan fingerprint density at radius 3 is 2.48 bits per heavy atom. The number of sulfonamides is 1. The van der Waals surface area contributed by atoms with Crippen molar-refractivity contribution in [3.8, 4) is 0 Å². The quantitative estimate of drug-likeness (QED) is 0.653. The van der Waals surface area contributed by atoms with Gasteiger partial charge in [0.2, 0.25) is 0 Å². The fourth-order valence-electron chi connectivity index (χ4n) is 2.25. The Hall–Kier alpha value is -2.38. The predicted molar refractivity (Wildman–Crippen MR) is 103 cm³/mol. The molecule has 0 aliphatic heterocycles. The summed E-state index contributed by atoms with van der Waals surface area (Å²) >= 11 is 1.28. The number of hydrogen-bond donors (Lipinski definition) is 2. The molecule has 3 rings (SSSR count). The van der Waals surface area contributed by atoms with Gasteiger partial charge in [-0.1, -0.05) is 37.3 Å². The standard InChI is InChI=1S/C18H19N3O2S2/c1-2-16-9-11-18(24-16)25(22,23)21-15-8-10-17(20-13-15)19-12-14-6-4-3-5-7-14/h3-11,13,21H,2,12H2,1H3,(H,19,20). The van der Waals surface area contributed by atoms with Crippen molar-refractivity contribution >= 4 is 32.9 Å². The van der Waals surface area contributed by atoms with Gasteiger partial charge in [0.25, 0.3) is 10.0 Å². The molecule has 1 aromatic carbocycles. The second-order valence-corrected chi connectivity index (χ2v) is 8.53. The number of aromatic nitrogens is 1. The third-order valence-electron chi connectivity index (χ3n) is 3.58. The average molecular weight is 374 g/mol. The van der Waals surface area contributed by atoms with E-state index >= 15 is 0 Å². The van der Waals surface area contributed by atoms with Gasteiger partial charge in [-0.2, -0.15) is 0 Å². The van der Waals surface area contributed by atoms with Gasteiger partial charge >= 0.3 is 0 Å². The number of anilines is 2. The molecule has 25 heavy (non-hydrogen) atoms. The lowest BCUT2D eigenvalue weighted by atomic mass is 10.2. The molecular formula is C18H19N3O2S2. The van der Waals surface area contributed by atoms with Crippen LogP contribution >= 0.6 is 11.3 Å². The van der Waals surface area contributed by atoms with Crippen molar-refractivity contribution in [1.29, 1.82) is 0 Å². The van der Waals surface area contributed by atoms with Gasteiger partial charge < -0.3 is 5.32 Å². The lowest BCUT2D eigenvalue weighted by Gasteiger charge is -2.08. The van der Waals surface area contributed by atoms with Crippen LogP contribution in [-0.2, 0) is 23.0 Å². The van der Waals surface area contributed by atoms with Gasteiger partial charge in [0, 0.05) is 11.4 Å². The molecule has 5 nitrogen and oxygen atoms in total. The lowest BCUT2D eigenvalue weighted by molar-refractivity contribution is 0.603. The van der Waals surface area contributed by atoms with Crippen LogP contribution in [0.15, 0.2) is 65.0 Å². The van der Waals surface area contributed by atoms with Crippen LogP contribution in [-0.4, -0.2) is 13.4 Å². The van der Waals surface area contributed by atoms with E-state index < -0.39 is 10.0 Å². The summed E-state index contributed by atoms with van der Waals surface area (Å²) in [6.07, 6.45) is 2.34. The van der Waals surface area contributed by atoms with Crippen molar-refractivity contribution in [3.05, 3.63) is 71.2 Å². The van der Waals surface area contributed by atoms with E-state index in [4.69, 9.17) is 0 Å². The highest BCUT2D eigenvalue weighted by molar-refractivity contribution is 7.94. The van der Waals surface area contributed by atoms with E-state index in [-0.39, 0.29) is 0 Å². The molecule has 0 saturated carbocycles. The number of benzene rings is 1. The van der Waals surface area contributed by atoms with E-state index in [1.807, 2.05) is 43.3 Å². The molecule has 0 fully saturated rings. The molecule has 0 unspecified atom stereocenters. The van der Waals surface area contributed by atoms with Gasteiger partial charge in [-0.15, -0.1) is 11.3 Å². The highest BCUT2D eigenvalue weighted by atomic mass is 32.2. The van der Waals surface area contributed by atoms with Crippen molar-refractivity contribution < 1.29 is 8.42 Å². The zero-order valence-corrected chi connectivity index (χ0v) is 15.4. The van der Waals surface area contributed by atoms with Crippen LogP contribution in [0.1, 0.15) is 17.4 Å². The molecule has 0 aliphatic carbocycles. The van der Waals surface area contributed by atoms with Crippen LogP contribution in [0.4, 0.5) is 11.5 Å². The molecule has 2 N–H and O–H groups in total. The molecule has 0 spiro atoms. The molecular weight excluding hydrogens is 354 g/mol. The van der Waals surface area contributed by atoms with Crippen LogP contribution in [0, 0.1) is 0 Å². The second-order valence-electron chi connectivity index (χ2n) is 5.45. The SMILES string of the molecule is CCc1ccc(S(=O)(=O)Nc2ccc(NCc3ccccc3)nc2)s1. The van der Waals surface area contributed by atoms with E-state index in [1.54, 1.807) is 18.2 Å². The van der Waals surface area contributed by atoms with Crippen LogP contribution in [0.3, 0.4) is 0 Å². The van der Waals surface area contributed by atoms with Gasteiger partial charge in [0.05, 0.1) is 11.9 Å². The summed E-state index contributed by atoms with van der Waals surface area (Å²) in [5.41, 5.74) is 1.59. The molecule has 0 radical (unpaired) electrons. The number of aryl methyl sites for hydroxylation is 1. The topological polar surface area (TPSA) is 71.1 Å². The molecule has 0 bridgehead atoms. The monoisotopic (exact) mass is 373 g/mol. The minimum Gasteiger partial charge on any atom is -0.366 e. The van der Waals surface area contributed by atoms with E-state index in [9.17, 15) is 8.42 Å². The average Bonchev–Trinajstić information content (AvgIpc) is 3.12. The van der Waals surface area contributed by atoms with Crippen LogP contribution in [0.5, 0.6) is 0 Å². The Bertz CT molecular complexity index is 920. The predicted octanol–water partition coefficient (Wildman–Crippen LogP) is 4.12. The first-order valence-electron chi connectivity index (χ1n) is 7.92. The van der Waals surface area contributed by atoms with Crippen LogP contribution in [0.25, 0.3) is 0 Å². The molecule has 2 heterocycles. The van der Waals surface area contributed by atoms with Gasteiger partial charge in [-0.3, -0.25) is 4.72 Å². The number of nitrogens with one attached hydrogen (secondary N) is 2. The lowest BCUT2D eigenvalue weighted by Crippen LogP contribution is -2.11. The number of rotatable bonds is 7. The summed E-state index contributed by atoms with van der Waals surface area (Å²) in [5.74, 6) is 0.691. The fraction of sp³-hybridized carbons (Fsp3) is 0.167.